The van der Waals surface area contributed by atoms with E-state index in [2.05, 4.69) is 15.6 Å². The summed E-state index contributed by atoms with van der Waals surface area (Å²) in [6.07, 6.45) is 1.65. The minimum Gasteiger partial charge on any atom is -0.349 e. The number of nitrogens with one attached hydrogen (secondary N) is 1. The largest absolute Gasteiger partial charge is 0.349 e. The van der Waals surface area contributed by atoms with Gasteiger partial charge in [0.15, 0.2) is 0 Å². The van der Waals surface area contributed by atoms with Crippen LogP contribution in [0.3, 0.4) is 0 Å². The van der Waals surface area contributed by atoms with Crippen molar-refractivity contribution in [3.63, 3.8) is 0 Å². The lowest BCUT2D eigenvalue weighted by atomic mass is 10.2. The molecule has 2 amide bonds. The molecule has 21 heavy (non-hydrogen) atoms. The number of nitrogens with two attached hydrogens (primary N) is 1. The molecule has 0 bridgehead atoms. The summed E-state index contributed by atoms with van der Waals surface area (Å²) >= 11 is 0. The van der Waals surface area contributed by atoms with Gasteiger partial charge in [0.25, 0.3) is 0 Å². The Bertz CT molecular complexity index is 475. The van der Waals surface area contributed by atoms with Gasteiger partial charge in [0.1, 0.15) is 12.2 Å². The van der Waals surface area contributed by atoms with E-state index in [-0.39, 0.29) is 43.5 Å². The minimum atomic E-state index is -0.258. The molecule has 0 spiro atoms. The second kappa shape index (κ2) is 7.72. The first-order valence-corrected chi connectivity index (χ1v) is 7.02. The van der Waals surface area contributed by atoms with E-state index >= 15 is 0 Å². The van der Waals surface area contributed by atoms with E-state index in [1.807, 2.05) is 27.7 Å². The van der Waals surface area contributed by atoms with E-state index in [0.717, 1.165) is 0 Å². The number of carbonyl (C=O) groups is 2. The van der Waals surface area contributed by atoms with Gasteiger partial charge in [-0.15, -0.1) is 5.10 Å². The summed E-state index contributed by atoms with van der Waals surface area (Å²) in [5, 5.41) is 10.4. The molecule has 8 nitrogen and oxygen atoms in total. The Labute approximate surface area is 124 Å². The minimum absolute atomic E-state index is 0.0116. The van der Waals surface area contributed by atoms with Crippen molar-refractivity contribution in [1.29, 1.82) is 0 Å². The summed E-state index contributed by atoms with van der Waals surface area (Å²) in [5.74, 6) is -0.270. The summed E-state index contributed by atoms with van der Waals surface area (Å²) < 4.78 is 1.48. The van der Waals surface area contributed by atoms with E-state index in [4.69, 9.17) is 5.73 Å². The van der Waals surface area contributed by atoms with E-state index in [1.54, 1.807) is 11.1 Å². The molecule has 0 aromatic carbocycles. The third kappa shape index (κ3) is 5.14. The van der Waals surface area contributed by atoms with Crippen LogP contribution in [0, 0.1) is 0 Å². The summed E-state index contributed by atoms with van der Waals surface area (Å²) in [6.45, 7) is 8.24. The molecule has 0 fully saturated rings. The maximum Gasteiger partial charge on any atom is 0.244 e. The Hall–Kier alpha value is -1.96. The highest BCUT2D eigenvalue weighted by Gasteiger charge is 2.20. The number of aromatic nitrogens is 3. The van der Waals surface area contributed by atoms with Gasteiger partial charge in [-0.2, -0.15) is 0 Å². The SMILES string of the molecule is CC(C)N(C(=O)Cn1cc(CNC(=O)CN)nn1)C(C)C. The van der Waals surface area contributed by atoms with Gasteiger partial charge in [0.05, 0.1) is 19.3 Å². The first kappa shape index (κ1) is 17.1. The van der Waals surface area contributed by atoms with Crippen LogP contribution in [0.15, 0.2) is 6.20 Å². The Balaban J connectivity index is 2.61. The third-order valence-corrected chi connectivity index (χ3v) is 2.94. The van der Waals surface area contributed by atoms with Crippen LogP contribution in [0.25, 0.3) is 0 Å². The zero-order valence-electron chi connectivity index (χ0n) is 13.0. The lowest BCUT2D eigenvalue weighted by molar-refractivity contribution is -0.135. The summed E-state index contributed by atoms with van der Waals surface area (Å²) in [7, 11) is 0. The molecular weight excluding hydrogens is 272 g/mol. The van der Waals surface area contributed by atoms with Crippen LogP contribution in [0.5, 0.6) is 0 Å². The third-order valence-electron chi connectivity index (χ3n) is 2.94. The highest BCUT2D eigenvalue weighted by Crippen LogP contribution is 2.06. The van der Waals surface area contributed by atoms with E-state index in [1.165, 1.54) is 4.68 Å². The molecule has 1 rings (SSSR count). The molecule has 0 aliphatic carbocycles. The zero-order valence-corrected chi connectivity index (χ0v) is 13.0. The molecule has 0 aliphatic heterocycles. The maximum absolute atomic E-state index is 12.3. The van der Waals surface area contributed by atoms with Crippen molar-refractivity contribution < 1.29 is 9.59 Å². The average Bonchev–Trinajstić information content (AvgIpc) is 2.82. The molecule has 0 saturated carbocycles. The van der Waals surface area contributed by atoms with Crippen molar-refractivity contribution >= 4 is 11.8 Å². The fraction of sp³-hybridized carbons (Fsp3) is 0.692. The maximum atomic E-state index is 12.3. The van der Waals surface area contributed by atoms with Crippen LogP contribution < -0.4 is 11.1 Å². The molecule has 1 aromatic rings. The number of hydrogen-bond donors (Lipinski definition) is 2. The fourth-order valence-electron chi connectivity index (χ4n) is 2.15. The smallest absolute Gasteiger partial charge is 0.244 e. The van der Waals surface area contributed by atoms with Gasteiger partial charge >= 0.3 is 0 Å². The molecule has 0 radical (unpaired) electrons. The van der Waals surface area contributed by atoms with E-state index in [9.17, 15) is 9.59 Å². The van der Waals surface area contributed by atoms with Gasteiger partial charge in [-0.3, -0.25) is 9.59 Å². The summed E-state index contributed by atoms with van der Waals surface area (Å²) in [4.78, 5) is 25.1. The van der Waals surface area contributed by atoms with Crippen molar-refractivity contribution in [1.82, 2.24) is 25.2 Å². The van der Waals surface area contributed by atoms with Crippen LogP contribution in [0.4, 0.5) is 0 Å². The van der Waals surface area contributed by atoms with Crippen molar-refractivity contribution in [2.45, 2.75) is 52.9 Å². The molecule has 0 atom stereocenters. The lowest BCUT2D eigenvalue weighted by Crippen LogP contribution is -2.43. The van der Waals surface area contributed by atoms with Crippen LogP contribution in [-0.4, -0.2) is 50.3 Å². The van der Waals surface area contributed by atoms with Gasteiger partial charge in [-0.25, -0.2) is 4.68 Å². The van der Waals surface area contributed by atoms with Crippen molar-refractivity contribution in [3.8, 4) is 0 Å². The van der Waals surface area contributed by atoms with Crippen molar-refractivity contribution in [2.24, 2.45) is 5.73 Å². The lowest BCUT2D eigenvalue weighted by Gasteiger charge is -2.30. The first-order valence-electron chi connectivity index (χ1n) is 7.02. The Kier molecular flexibility index (Phi) is 6.29. The molecule has 118 valence electrons. The van der Waals surface area contributed by atoms with Gasteiger partial charge in [0, 0.05) is 12.1 Å². The predicted octanol–water partition coefficient (Wildman–Crippen LogP) is -0.502. The number of amides is 2. The first-order chi connectivity index (χ1) is 9.85. The zero-order chi connectivity index (χ0) is 16.0. The van der Waals surface area contributed by atoms with Crippen LogP contribution in [0.2, 0.25) is 0 Å². The number of hydrogen-bond acceptors (Lipinski definition) is 5. The Morgan fingerprint density at radius 2 is 1.95 bits per heavy atom. The Morgan fingerprint density at radius 1 is 1.33 bits per heavy atom. The molecule has 0 aliphatic rings. The standard InChI is InChI=1S/C13H24N6O2/c1-9(2)19(10(3)4)13(21)8-18-7-11(16-17-18)6-15-12(20)5-14/h7,9-10H,5-6,8,14H2,1-4H3,(H,15,20). The molecule has 1 heterocycles. The number of rotatable bonds is 7. The van der Waals surface area contributed by atoms with Gasteiger partial charge in [-0.1, -0.05) is 5.21 Å². The van der Waals surface area contributed by atoms with Crippen LogP contribution >= 0.6 is 0 Å². The van der Waals surface area contributed by atoms with E-state index in [0.29, 0.717) is 5.69 Å². The highest BCUT2D eigenvalue weighted by molar-refractivity contribution is 5.77. The van der Waals surface area contributed by atoms with Gasteiger partial charge < -0.3 is 16.0 Å². The molecule has 0 saturated heterocycles. The molecular formula is C13H24N6O2. The topological polar surface area (TPSA) is 106 Å². The highest BCUT2D eigenvalue weighted by atomic mass is 16.2. The average molecular weight is 296 g/mol. The molecule has 0 unspecified atom stereocenters. The molecule has 1 aromatic heterocycles. The molecule has 3 N–H and O–H groups in total. The predicted molar refractivity (Wildman–Crippen MR) is 78.0 cm³/mol. The molecule has 8 heteroatoms. The fourth-order valence-corrected chi connectivity index (χ4v) is 2.15. The Morgan fingerprint density at radius 3 is 2.48 bits per heavy atom. The van der Waals surface area contributed by atoms with E-state index < -0.39 is 0 Å². The van der Waals surface area contributed by atoms with Crippen molar-refractivity contribution in [2.75, 3.05) is 6.54 Å². The number of nitrogens with zero attached hydrogens (tertiary/aromatic N) is 4. The second-order valence-electron chi connectivity index (χ2n) is 5.38. The van der Waals surface area contributed by atoms with Crippen LogP contribution in [-0.2, 0) is 22.7 Å². The monoisotopic (exact) mass is 296 g/mol. The quantitative estimate of drug-likeness (QED) is 0.705. The van der Waals surface area contributed by atoms with Gasteiger partial charge in [0.2, 0.25) is 11.8 Å². The summed E-state index contributed by atoms with van der Waals surface area (Å²) in [5.41, 5.74) is 5.78. The van der Waals surface area contributed by atoms with Crippen LogP contribution in [0.1, 0.15) is 33.4 Å². The van der Waals surface area contributed by atoms with Crippen molar-refractivity contribution in [3.05, 3.63) is 11.9 Å². The van der Waals surface area contributed by atoms with Gasteiger partial charge in [-0.05, 0) is 27.7 Å². The summed E-state index contributed by atoms with van der Waals surface area (Å²) in [6, 6.07) is 0.258. The number of carbonyl (C=O) groups excluding carboxylic acids is 2. The normalized spacial score (nSPS) is 11.0. The second-order valence-corrected chi connectivity index (χ2v) is 5.38.